The Balaban J connectivity index is 4.78. The molecular formula is C5H5BrF3IO5S. The molecule has 96 valence electrons. The van der Waals surface area contributed by atoms with Gasteiger partial charge < -0.3 is 4.74 Å². The molecule has 0 saturated carbocycles. The van der Waals surface area contributed by atoms with Crippen LogP contribution < -0.4 is 0 Å². The lowest BCUT2D eigenvalue weighted by molar-refractivity contribution is -0.213. The average Bonchev–Trinajstić information content (AvgIpc) is 1.98. The van der Waals surface area contributed by atoms with E-state index in [0.717, 1.165) is 0 Å². The molecule has 2 atom stereocenters. The number of hydrogen-bond acceptors (Lipinski definition) is 4. The molecule has 0 aliphatic rings. The molecule has 2 unspecified atom stereocenters. The summed E-state index contributed by atoms with van der Waals surface area (Å²) in [6.45, 7) is 0. The zero-order valence-electron chi connectivity index (χ0n) is 7.24. The minimum absolute atomic E-state index is 1.05. The first-order valence-electron chi connectivity index (χ1n) is 3.44. The maximum Gasteiger partial charge on any atom is 0.426 e. The van der Waals surface area contributed by atoms with Crippen LogP contribution in [0.2, 0.25) is 0 Å². The number of ether oxygens (including phenoxy) is 1. The van der Waals surface area contributed by atoms with E-state index in [2.05, 4.69) is 20.7 Å². The summed E-state index contributed by atoms with van der Waals surface area (Å²) in [6.07, 6.45) is -7.95. The molecule has 0 fully saturated rings. The zero-order valence-corrected chi connectivity index (χ0v) is 11.8. The van der Waals surface area contributed by atoms with Gasteiger partial charge in [0.05, 0.1) is 0 Å². The molecule has 0 aromatic rings. The van der Waals surface area contributed by atoms with Crippen molar-refractivity contribution in [3.8, 4) is 0 Å². The fourth-order valence-corrected chi connectivity index (χ4v) is 1.47. The Morgan fingerprint density at radius 2 is 1.94 bits per heavy atom. The van der Waals surface area contributed by atoms with Crippen LogP contribution in [0.4, 0.5) is 13.2 Å². The van der Waals surface area contributed by atoms with E-state index in [-0.39, 0.29) is 0 Å². The van der Waals surface area contributed by atoms with Crippen molar-refractivity contribution in [1.82, 2.24) is 0 Å². The van der Waals surface area contributed by atoms with Crippen molar-refractivity contribution >= 4 is 54.6 Å². The topological polar surface area (TPSA) is 80.7 Å². The Morgan fingerprint density at radius 3 is 2.19 bits per heavy atom. The Bertz CT molecular complexity index is 354. The van der Waals surface area contributed by atoms with Crippen LogP contribution in [0.1, 0.15) is 0 Å². The molecule has 16 heavy (non-hydrogen) atoms. The van der Waals surface area contributed by atoms with Crippen LogP contribution in [-0.4, -0.2) is 39.8 Å². The van der Waals surface area contributed by atoms with E-state index in [0.29, 0.717) is 0 Å². The van der Waals surface area contributed by atoms with Gasteiger partial charge in [-0.3, -0.25) is 4.55 Å². The van der Waals surface area contributed by atoms with E-state index in [4.69, 9.17) is 4.55 Å². The second kappa shape index (κ2) is 5.82. The van der Waals surface area contributed by atoms with Crippen LogP contribution in [0, 0.1) is 0 Å². The number of alkyl halides is 5. The van der Waals surface area contributed by atoms with Gasteiger partial charge in [-0.15, -0.1) is 0 Å². The highest BCUT2D eigenvalue weighted by atomic mass is 127. The van der Waals surface area contributed by atoms with E-state index in [9.17, 15) is 26.4 Å². The van der Waals surface area contributed by atoms with Crippen molar-refractivity contribution in [2.45, 2.75) is 15.1 Å². The van der Waals surface area contributed by atoms with E-state index >= 15 is 0 Å². The molecule has 0 amide bonds. The van der Waals surface area contributed by atoms with Gasteiger partial charge in [0.1, 0.15) is 5.75 Å². The van der Waals surface area contributed by atoms with Gasteiger partial charge in [-0.1, -0.05) is 38.5 Å². The van der Waals surface area contributed by atoms with Crippen LogP contribution in [0.15, 0.2) is 0 Å². The van der Waals surface area contributed by atoms with E-state index < -0.39 is 37.0 Å². The first-order valence-corrected chi connectivity index (χ1v) is 7.21. The van der Waals surface area contributed by atoms with Crippen molar-refractivity contribution in [1.29, 1.82) is 0 Å². The summed E-state index contributed by atoms with van der Waals surface area (Å²) in [5.41, 5.74) is 0. The third kappa shape index (κ3) is 6.85. The molecule has 1 N–H and O–H groups in total. The molecule has 0 aromatic carbocycles. The van der Waals surface area contributed by atoms with Crippen molar-refractivity contribution in [2.75, 3.05) is 5.75 Å². The second-order valence-electron chi connectivity index (χ2n) is 2.52. The summed E-state index contributed by atoms with van der Waals surface area (Å²) in [4.78, 5) is 10.8. The minimum Gasteiger partial charge on any atom is -0.450 e. The number of carbonyl (C=O) groups is 1. The first-order chi connectivity index (χ1) is 6.93. The smallest absolute Gasteiger partial charge is 0.426 e. The standard InChI is InChI=1S/C5H5BrF3IO5S/c6-3(10)4(11)15-2(5(7,8)9)1-16(12,13)14/h2-3H,1H2,(H,12,13,14). The number of carbonyl (C=O) groups excluding carboxylic acids is 1. The quantitative estimate of drug-likeness (QED) is 0.310. The van der Waals surface area contributed by atoms with Gasteiger partial charge in [0.15, 0.2) is 2.83 Å². The van der Waals surface area contributed by atoms with E-state index in [1.165, 1.54) is 22.6 Å². The SMILES string of the molecule is O=C(OC(CS(=O)(=O)O)C(F)(F)F)C(Br)I. The summed E-state index contributed by atoms with van der Waals surface area (Å²) in [7, 11) is -4.89. The molecule has 0 radical (unpaired) electrons. The van der Waals surface area contributed by atoms with Gasteiger partial charge in [0.2, 0.25) is 6.10 Å². The van der Waals surface area contributed by atoms with Gasteiger partial charge in [0.25, 0.3) is 10.1 Å². The minimum atomic E-state index is -5.07. The lowest BCUT2D eigenvalue weighted by atomic mass is 10.4. The molecule has 0 heterocycles. The van der Waals surface area contributed by atoms with E-state index in [1.54, 1.807) is 0 Å². The Labute approximate surface area is 111 Å². The van der Waals surface area contributed by atoms with Gasteiger partial charge >= 0.3 is 12.1 Å². The summed E-state index contributed by atoms with van der Waals surface area (Å²) in [6, 6.07) is 0. The summed E-state index contributed by atoms with van der Waals surface area (Å²) < 4.78 is 68.3. The van der Waals surface area contributed by atoms with Crippen molar-refractivity contribution in [3.63, 3.8) is 0 Å². The lowest BCUT2D eigenvalue weighted by Crippen LogP contribution is -2.40. The molecular weight excluding hydrogens is 436 g/mol. The number of esters is 1. The van der Waals surface area contributed by atoms with Crippen molar-refractivity contribution < 1.29 is 35.7 Å². The Hall–Kier alpha value is 0.380. The Morgan fingerprint density at radius 1 is 1.50 bits per heavy atom. The zero-order chi connectivity index (χ0) is 13.1. The molecule has 11 heteroatoms. The average molecular weight is 441 g/mol. The predicted octanol–water partition coefficient (Wildman–Crippen LogP) is 1.50. The number of rotatable bonds is 4. The largest absolute Gasteiger partial charge is 0.450 e. The van der Waals surface area contributed by atoms with Gasteiger partial charge in [-0.2, -0.15) is 21.6 Å². The maximum absolute atomic E-state index is 12.2. The molecule has 0 rings (SSSR count). The molecule has 5 nitrogen and oxygen atoms in total. The summed E-state index contributed by atoms with van der Waals surface area (Å²) in [5, 5.41) is 0. The molecule has 0 saturated heterocycles. The van der Waals surface area contributed by atoms with Crippen LogP contribution in [0.25, 0.3) is 0 Å². The molecule has 0 aromatic heterocycles. The second-order valence-corrected chi connectivity index (χ2v) is 7.89. The Kier molecular flexibility index (Phi) is 5.96. The predicted molar refractivity (Wildman–Crippen MR) is 59.1 cm³/mol. The lowest BCUT2D eigenvalue weighted by Gasteiger charge is -2.19. The monoisotopic (exact) mass is 440 g/mol. The first kappa shape index (κ1) is 16.4. The summed E-state index contributed by atoms with van der Waals surface area (Å²) >= 11 is 4.08. The highest BCUT2D eigenvalue weighted by Crippen LogP contribution is 2.25. The van der Waals surface area contributed by atoms with Gasteiger partial charge in [-0.25, -0.2) is 4.79 Å². The highest BCUT2D eigenvalue weighted by molar-refractivity contribution is 14.1. The van der Waals surface area contributed by atoms with Gasteiger partial charge in [0, 0.05) is 0 Å². The van der Waals surface area contributed by atoms with E-state index in [1.807, 2.05) is 0 Å². The van der Waals surface area contributed by atoms with Crippen LogP contribution in [-0.2, 0) is 19.6 Å². The van der Waals surface area contributed by atoms with Crippen LogP contribution >= 0.6 is 38.5 Å². The fraction of sp³-hybridized carbons (Fsp3) is 0.800. The highest BCUT2D eigenvalue weighted by Gasteiger charge is 2.45. The van der Waals surface area contributed by atoms with Crippen molar-refractivity contribution in [3.05, 3.63) is 0 Å². The molecule has 0 aliphatic heterocycles. The van der Waals surface area contributed by atoms with Crippen LogP contribution in [0.5, 0.6) is 0 Å². The fourth-order valence-electron chi connectivity index (χ4n) is 0.578. The molecule has 0 spiro atoms. The van der Waals surface area contributed by atoms with Crippen molar-refractivity contribution in [2.24, 2.45) is 0 Å². The number of halogens is 5. The summed E-state index contributed by atoms with van der Waals surface area (Å²) in [5.74, 6) is -3.01. The third-order valence-electron chi connectivity index (χ3n) is 1.16. The molecule has 0 aliphatic carbocycles. The van der Waals surface area contributed by atoms with Crippen LogP contribution in [0.3, 0.4) is 0 Å². The number of hydrogen-bond donors (Lipinski definition) is 1. The van der Waals surface area contributed by atoms with Gasteiger partial charge in [-0.05, 0) is 0 Å². The third-order valence-corrected chi connectivity index (χ3v) is 2.77. The maximum atomic E-state index is 12.2. The molecule has 0 bridgehead atoms. The normalized spacial score (nSPS) is 16.6.